The van der Waals surface area contributed by atoms with Gasteiger partial charge in [0.1, 0.15) is 18.5 Å². The first kappa shape index (κ1) is 16.4. The summed E-state index contributed by atoms with van der Waals surface area (Å²) in [6, 6.07) is 15.2. The van der Waals surface area contributed by atoms with Crippen LogP contribution in [-0.2, 0) is 6.42 Å². The van der Waals surface area contributed by atoms with Crippen molar-refractivity contribution in [2.45, 2.75) is 12.5 Å². The van der Waals surface area contributed by atoms with Crippen molar-refractivity contribution in [3.8, 4) is 5.75 Å². The highest BCUT2D eigenvalue weighted by Gasteiger charge is 2.08. The second-order valence-electron chi connectivity index (χ2n) is 4.93. The Bertz CT molecular complexity index is 616. The molecule has 0 aliphatic rings. The zero-order chi connectivity index (χ0) is 15.8. The average Bonchev–Trinajstić information content (AvgIpc) is 2.53. The fourth-order valence-corrected chi connectivity index (χ4v) is 2.25. The number of ether oxygens (including phenoxy) is 1. The van der Waals surface area contributed by atoms with E-state index in [9.17, 15) is 5.11 Å². The molecule has 0 fully saturated rings. The molecule has 1 unspecified atom stereocenters. The molecule has 2 N–H and O–H groups in total. The Labute approximate surface area is 136 Å². The Balaban J connectivity index is 1.84. The molecule has 0 radical (unpaired) electrons. The van der Waals surface area contributed by atoms with E-state index < -0.39 is 6.10 Å². The lowest BCUT2D eigenvalue weighted by Gasteiger charge is -2.16. The molecule has 0 heterocycles. The summed E-state index contributed by atoms with van der Waals surface area (Å²) in [5, 5.41) is 13.8. The van der Waals surface area contributed by atoms with Crippen LogP contribution in [0.25, 0.3) is 0 Å². The molecule has 0 spiro atoms. The predicted octanol–water partition coefficient (Wildman–Crippen LogP) is 3.92. The van der Waals surface area contributed by atoms with E-state index in [1.807, 2.05) is 48.5 Å². The second-order valence-corrected chi connectivity index (χ2v) is 5.33. The van der Waals surface area contributed by atoms with Gasteiger partial charge in [-0.1, -0.05) is 48.0 Å². The van der Waals surface area contributed by atoms with Gasteiger partial charge in [-0.3, -0.25) is 0 Å². The van der Waals surface area contributed by atoms with Crippen LogP contribution in [0.4, 0.5) is 5.69 Å². The average molecular weight is 318 g/mol. The molecular formula is C18H20ClNO2. The van der Waals surface area contributed by atoms with E-state index in [-0.39, 0.29) is 6.61 Å². The van der Waals surface area contributed by atoms with E-state index in [4.69, 9.17) is 16.3 Å². The third-order valence-corrected chi connectivity index (χ3v) is 3.50. The number of benzene rings is 2. The second kappa shape index (κ2) is 8.47. The smallest absolute Gasteiger partial charge is 0.122 e. The summed E-state index contributed by atoms with van der Waals surface area (Å²) in [7, 11) is 0. The molecule has 0 amide bonds. The lowest BCUT2D eigenvalue weighted by molar-refractivity contribution is 0.117. The van der Waals surface area contributed by atoms with Gasteiger partial charge in [-0.2, -0.15) is 0 Å². The molecule has 4 heteroatoms. The molecule has 2 aromatic rings. The summed E-state index contributed by atoms with van der Waals surface area (Å²) >= 11 is 6.05. The summed E-state index contributed by atoms with van der Waals surface area (Å²) in [5.74, 6) is 0.777. The molecule has 0 aliphatic heterocycles. The van der Waals surface area contributed by atoms with E-state index in [1.165, 1.54) is 0 Å². The maximum Gasteiger partial charge on any atom is 0.122 e. The predicted molar refractivity (Wildman–Crippen MR) is 91.8 cm³/mol. The van der Waals surface area contributed by atoms with Crippen LogP contribution >= 0.6 is 11.6 Å². The normalized spacial score (nSPS) is 11.7. The fourth-order valence-electron chi connectivity index (χ4n) is 2.05. The van der Waals surface area contributed by atoms with Crippen LogP contribution in [0.5, 0.6) is 5.75 Å². The third-order valence-electron chi connectivity index (χ3n) is 3.17. The van der Waals surface area contributed by atoms with E-state index in [2.05, 4.69) is 11.9 Å². The lowest BCUT2D eigenvalue weighted by Crippen LogP contribution is -2.26. The molecule has 0 aliphatic carbocycles. The van der Waals surface area contributed by atoms with E-state index in [0.29, 0.717) is 11.6 Å². The highest BCUT2D eigenvalue weighted by Crippen LogP contribution is 2.21. The fraction of sp³-hybridized carbons (Fsp3) is 0.222. The molecule has 0 bridgehead atoms. The van der Waals surface area contributed by atoms with Crippen LogP contribution in [-0.4, -0.2) is 24.4 Å². The zero-order valence-electron chi connectivity index (χ0n) is 12.3. The Morgan fingerprint density at radius 2 is 1.91 bits per heavy atom. The zero-order valence-corrected chi connectivity index (χ0v) is 13.1. The van der Waals surface area contributed by atoms with Gasteiger partial charge in [-0.25, -0.2) is 0 Å². The molecule has 3 nitrogen and oxygen atoms in total. The Morgan fingerprint density at radius 3 is 2.68 bits per heavy atom. The Kier molecular flexibility index (Phi) is 6.31. The van der Waals surface area contributed by atoms with Gasteiger partial charge in [0.05, 0.1) is 10.7 Å². The number of aliphatic hydroxyl groups is 1. The number of anilines is 1. The van der Waals surface area contributed by atoms with Gasteiger partial charge in [-0.05, 0) is 30.2 Å². The molecule has 2 rings (SSSR count). The molecule has 1 atom stereocenters. The maximum atomic E-state index is 10.0. The van der Waals surface area contributed by atoms with Gasteiger partial charge in [0.15, 0.2) is 0 Å². The minimum atomic E-state index is -0.631. The molecule has 116 valence electrons. The SMILES string of the molecule is C=CCc1ccccc1OCC(O)CNc1ccccc1Cl. The number of hydrogen-bond acceptors (Lipinski definition) is 3. The van der Waals surface area contributed by atoms with Crippen molar-refractivity contribution in [2.75, 3.05) is 18.5 Å². The van der Waals surface area contributed by atoms with Crippen molar-refractivity contribution in [2.24, 2.45) is 0 Å². The lowest BCUT2D eigenvalue weighted by atomic mass is 10.1. The number of hydrogen-bond donors (Lipinski definition) is 2. The summed E-state index contributed by atoms with van der Waals surface area (Å²) in [4.78, 5) is 0. The first-order valence-electron chi connectivity index (χ1n) is 7.18. The van der Waals surface area contributed by atoms with E-state index in [0.717, 1.165) is 23.4 Å². The van der Waals surface area contributed by atoms with Crippen molar-refractivity contribution in [3.05, 3.63) is 71.8 Å². The van der Waals surface area contributed by atoms with Crippen molar-refractivity contribution < 1.29 is 9.84 Å². The van der Waals surface area contributed by atoms with Crippen LogP contribution in [0.15, 0.2) is 61.2 Å². The number of aliphatic hydroxyl groups excluding tert-OH is 1. The number of allylic oxidation sites excluding steroid dienone is 1. The van der Waals surface area contributed by atoms with Gasteiger partial charge >= 0.3 is 0 Å². The topological polar surface area (TPSA) is 41.5 Å². The van der Waals surface area contributed by atoms with Crippen LogP contribution in [0.1, 0.15) is 5.56 Å². The van der Waals surface area contributed by atoms with Gasteiger partial charge < -0.3 is 15.2 Å². The Morgan fingerprint density at radius 1 is 1.18 bits per heavy atom. The Hall–Kier alpha value is -1.97. The quantitative estimate of drug-likeness (QED) is 0.725. The number of rotatable bonds is 8. The molecular weight excluding hydrogens is 298 g/mol. The molecule has 0 aromatic heterocycles. The third kappa shape index (κ3) is 4.79. The molecule has 0 saturated heterocycles. The highest BCUT2D eigenvalue weighted by atomic mass is 35.5. The molecule has 2 aromatic carbocycles. The minimum Gasteiger partial charge on any atom is -0.491 e. The van der Waals surface area contributed by atoms with Crippen LogP contribution < -0.4 is 10.1 Å². The highest BCUT2D eigenvalue weighted by molar-refractivity contribution is 6.33. The van der Waals surface area contributed by atoms with Crippen molar-refractivity contribution in [1.82, 2.24) is 0 Å². The molecule has 0 saturated carbocycles. The first-order chi connectivity index (χ1) is 10.7. The van der Waals surface area contributed by atoms with Crippen molar-refractivity contribution in [1.29, 1.82) is 0 Å². The largest absolute Gasteiger partial charge is 0.491 e. The van der Waals surface area contributed by atoms with Gasteiger partial charge in [0.2, 0.25) is 0 Å². The van der Waals surface area contributed by atoms with E-state index in [1.54, 1.807) is 6.07 Å². The van der Waals surface area contributed by atoms with Gasteiger partial charge in [0.25, 0.3) is 0 Å². The van der Waals surface area contributed by atoms with Gasteiger partial charge in [0, 0.05) is 6.54 Å². The summed E-state index contributed by atoms with van der Waals surface area (Å²) in [6.45, 7) is 4.32. The number of para-hydroxylation sites is 2. The van der Waals surface area contributed by atoms with Crippen LogP contribution in [0.2, 0.25) is 5.02 Å². The first-order valence-corrected chi connectivity index (χ1v) is 7.56. The maximum absolute atomic E-state index is 10.0. The van der Waals surface area contributed by atoms with Gasteiger partial charge in [-0.15, -0.1) is 6.58 Å². The van der Waals surface area contributed by atoms with Crippen LogP contribution in [0.3, 0.4) is 0 Å². The summed E-state index contributed by atoms with van der Waals surface area (Å²) in [5.41, 5.74) is 1.86. The van der Waals surface area contributed by atoms with E-state index >= 15 is 0 Å². The van der Waals surface area contributed by atoms with Crippen molar-refractivity contribution >= 4 is 17.3 Å². The monoisotopic (exact) mass is 317 g/mol. The number of nitrogens with one attached hydrogen (secondary N) is 1. The van der Waals surface area contributed by atoms with Crippen LogP contribution in [0, 0.1) is 0 Å². The summed E-state index contributed by atoms with van der Waals surface area (Å²) < 4.78 is 5.70. The summed E-state index contributed by atoms with van der Waals surface area (Å²) in [6.07, 6.45) is 1.94. The molecule has 22 heavy (non-hydrogen) atoms. The van der Waals surface area contributed by atoms with Crippen molar-refractivity contribution in [3.63, 3.8) is 0 Å². The minimum absolute atomic E-state index is 0.214. The number of halogens is 1. The standard InChI is InChI=1S/C18H20ClNO2/c1-2-7-14-8-3-6-11-18(14)22-13-15(21)12-20-17-10-5-4-9-16(17)19/h2-6,8-11,15,20-21H,1,7,12-13H2.